The van der Waals surface area contributed by atoms with Gasteiger partial charge in [-0.3, -0.25) is 0 Å². The summed E-state index contributed by atoms with van der Waals surface area (Å²) in [6.07, 6.45) is 0. The minimum atomic E-state index is 0.796. The third-order valence-electron chi connectivity index (χ3n) is 0.680. The second-order valence-electron chi connectivity index (χ2n) is 1.48. The molecule has 0 saturated heterocycles. The molecule has 0 saturated carbocycles. The molecule has 0 spiro atoms. The molecule has 0 aromatic rings. The Kier molecular flexibility index (Phi) is 5.95. The molecule has 0 bridgehead atoms. The number of ether oxygens (including phenoxy) is 1. The Morgan fingerprint density at radius 3 is 2.75 bits per heavy atom. The van der Waals surface area contributed by atoms with Crippen LogP contribution in [0.15, 0.2) is 0 Å². The van der Waals surface area contributed by atoms with Gasteiger partial charge in [0.15, 0.2) is 0 Å². The number of hydrogen-bond acceptors (Lipinski definition) is 2. The number of hydrogen-bond donors (Lipinski definition) is 1. The predicted octanol–water partition coefficient (Wildman–Crippen LogP) is -0.0810. The average Bonchev–Trinajstić information content (AvgIpc) is 1.66. The van der Waals surface area contributed by atoms with Gasteiger partial charge in [0.05, 0.1) is 0 Å². The van der Waals surface area contributed by atoms with Gasteiger partial charge in [-0.15, -0.1) is 0 Å². The van der Waals surface area contributed by atoms with Crippen LogP contribution < -0.4 is 5.32 Å². The third-order valence-corrected chi connectivity index (χ3v) is 1.20. The van der Waals surface area contributed by atoms with Crippen molar-refractivity contribution in [2.45, 2.75) is 6.92 Å². The van der Waals surface area contributed by atoms with E-state index in [0.29, 0.717) is 0 Å². The van der Waals surface area contributed by atoms with Gasteiger partial charge in [-0.1, -0.05) is 0 Å². The maximum atomic E-state index is 4.83. The van der Waals surface area contributed by atoms with Crippen molar-refractivity contribution >= 4 is 4.02 Å². The fraction of sp³-hybridized carbons (Fsp3) is 0.800. The van der Waals surface area contributed by atoms with Gasteiger partial charge in [-0.25, -0.2) is 0 Å². The quantitative estimate of drug-likeness (QED) is 0.730. The van der Waals surface area contributed by atoms with Crippen molar-refractivity contribution in [2.75, 3.05) is 20.3 Å². The molecule has 1 N–H and O–H groups in total. The monoisotopic (exact) mass is 285 g/mol. The molecular weight excluding hydrogens is 274 g/mol. The van der Waals surface area contributed by atoms with Crippen LogP contribution in [0.5, 0.6) is 0 Å². The van der Waals surface area contributed by atoms with Gasteiger partial charge in [0, 0.05) is 0 Å². The van der Waals surface area contributed by atoms with Crippen molar-refractivity contribution in [3.05, 3.63) is 0 Å². The van der Waals surface area contributed by atoms with Crippen molar-refractivity contribution in [3.8, 4) is 0 Å². The van der Waals surface area contributed by atoms with Gasteiger partial charge >= 0.3 is 60.6 Å². The molecule has 0 aromatic heterocycles. The van der Waals surface area contributed by atoms with Crippen LogP contribution in [0.1, 0.15) is 6.92 Å². The summed E-state index contributed by atoms with van der Waals surface area (Å²) in [6, 6.07) is 0. The van der Waals surface area contributed by atoms with E-state index >= 15 is 0 Å². The van der Waals surface area contributed by atoms with Gasteiger partial charge in [-0.05, 0) is 0 Å². The van der Waals surface area contributed by atoms with Crippen LogP contribution in [0.25, 0.3) is 0 Å². The van der Waals surface area contributed by atoms with E-state index < -0.39 is 0 Å². The number of nitrogens with one attached hydrogen (secondary N) is 1. The Morgan fingerprint density at radius 1 is 1.75 bits per heavy atom. The van der Waals surface area contributed by atoms with Crippen LogP contribution in [-0.2, 0) is 24.1 Å². The molecule has 0 atom stereocenters. The van der Waals surface area contributed by atoms with Crippen LogP contribution >= 0.6 is 0 Å². The summed E-state index contributed by atoms with van der Waals surface area (Å²) in [5.74, 6) is 0. The normalized spacial score (nSPS) is 9.25. The Hall–Kier alpha value is 0.478. The van der Waals surface area contributed by atoms with E-state index in [2.05, 4.69) is 12.2 Å². The van der Waals surface area contributed by atoms with Crippen molar-refractivity contribution < 1.29 is 24.1 Å². The molecular formula is C5H11NOW. The Morgan fingerprint density at radius 2 is 2.38 bits per heavy atom. The van der Waals surface area contributed by atoms with E-state index in [0.717, 1.165) is 13.2 Å². The fourth-order valence-electron chi connectivity index (χ4n) is 0.329. The van der Waals surface area contributed by atoms with Gasteiger partial charge in [0.2, 0.25) is 0 Å². The molecule has 0 fully saturated rings. The zero-order valence-corrected chi connectivity index (χ0v) is 8.16. The zero-order chi connectivity index (χ0) is 6.41. The first kappa shape index (κ1) is 8.48. The predicted molar refractivity (Wildman–Crippen MR) is 30.6 cm³/mol. The van der Waals surface area contributed by atoms with Crippen molar-refractivity contribution in [1.29, 1.82) is 0 Å². The summed E-state index contributed by atoms with van der Waals surface area (Å²) < 4.78 is 6.15. The fourth-order valence-corrected chi connectivity index (χ4v) is 0.696. The molecule has 0 heterocycles. The van der Waals surface area contributed by atoms with Crippen LogP contribution in [0.4, 0.5) is 0 Å². The van der Waals surface area contributed by atoms with E-state index in [9.17, 15) is 0 Å². The summed E-state index contributed by atoms with van der Waals surface area (Å²) >= 11 is 1.50. The summed E-state index contributed by atoms with van der Waals surface area (Å²) in [5, 5.41) is 3.18. The van der Waals surface area contributed by atoms with E-state index in [1.54, 1.807) is 7.11 Å². The summed E-state index contributed by atoms with van der Waals surface area (Å²) in [7, 11) is 1.71. The van der Waals surface area contributed by atoms with Gasteiger partial charge < -0.3 is 0 Å². The van der Waals surface area contributed by atoms with Crippen LogP contribution in [0.3, 0.4) is 0 Å². The zero-order valence-electron chi connectivity index (χ0n) is 5.23. The molecule has 0 aromatic carbocycles. The molecule has 0 rings (SSSR count). The summed E-state index contributed by atoms with van der Waals surface area (Å²) in [6.45, 7) is 3.81. The van der Waals surface area contributed by atoms with E-state index in [1.807, 2.05) is 0 Å². The molecule has 0 aliphatic heterocycles. The second kappa shape index (κ2) is 5.61. The molecule has 0 aliphatic rings. The van der Waals surface area contributed by atoms with Crippen LogP contribution in [-0.4, -0.2) is 24.3 Å². The molecule has 2 nitrogen and oxygen atoms in total. The molecule has 48 valence electrons. The Bertz CT molecular complexity index is 74.8. The third kappa shape index (κ3) is 6.48. The summed E-state index contributed by atoms with van der Waals surface area (Å²) in [5.41, 5.74) is 0. The Labute approximate surface area is 61.0 Å². The van der Waals surface area contributed by atoms with E-state index in [4.69, 9.17) is 4.74 Å². The first-order valence-corrected chi connectivity index (χ1v) is 3.97. The number of rotatable bonds is 4. The van der Waals surface area contributed by atoms with Gasteiger partial charge in [-0.2, -0.15) is 0 Å². The molecule has 0 amide bonds. The second-order valence-corrected chi connectivity index (χ2v) is 3.68. The molecule has 8 heavy (non-hydrogen) atoms. The first-order chi connectivity index (χ1) is 3.77. The SMILES string of the molecule is COCCN[C](C)=[W]. The standard InChI is InChI=1S/C5H11NO.W/c1-3-6-4-5-7-2;/h6H,4-5H2,1-2H3;. The minimum absolute atomic E-state index is 0.796. The van der Waals surface area contributed by atoms with E-state index in [1.165, 1.54) is 23.4 Å². The van der Waals surface area contributed by atoms with Crippen molar-refractivity contribution in [3.63, 3.8) is 0 Å². The number of methoxy groups -OCH3 is 1. The molecule has 0 unspecified atom stereocenters. The first-order valence-electron chi connectivity index (χ1n) is 2.50. The Balaban J connectivity index is 2.82. The van der Waals surface area contributed by atoms with Crippen molar-refractivity contribution in [2.24, 2.45) is 0 Å². The maximum absolute atomic E-state index is 4.83. The topological polar surface area (TPSA) is 21.3 Å². The average molecular weight is 285 g/mol. The summed E-state index contributed by atoms with van der Waals surface area (Å²) in [4.78, 5) is 0. The van der Waals surface area contributed by atoms with E-state index in [-0.39, 0.29) is 0 Å². The van der Waals surface area contributed by atoms with Gasteiger partial charge in [0.1, 0.15) is 0 Å². The van der Waals surface area contributed by atoms with Gasteiger partial charge in [0.25, 0.3) is 0 Å². The molecule has 0 aliphatic carbocycles. The molecule has 0 radical (unpaired) electrons. The van der Waals surface area contributed by atoms with Crippen LogP contribution in [0, 0.1) is 0 Å². The van der Waals surface area contributed by atoms with Crippen LogP contribution in [0.2, 0.25) is 0 Å². The van der Waals surface area contributed by atoms with Crippen molar-refractivity contribution in [1.82, 2.24) is 5.32 Å². The molecule has 3 heteroatoms.